The Bertz CT molecular complexity index is 289. The van der Waals surface area contributed by atoms with Crippen molar-refractivity contribution >= 4 is 12.0 Å². The van der Waals surface area contributed by atoms with Crippen molar-refractivity contribution in [3.05, 3.63) is 0 Å². The minimum absolute atomic E-state index is 0.0960. The van der Waals surface area contributed by atoms with Gasteiger partial charge in [0.2, 0.25) is 0 Å². The van der Waals surface area contributed by atoms with Crippen molar-refractivity contribution in [3.63, 3.8) is 0 Å². The zero-order valence-electron chi connectivity index (χ0n) is 10.0. The minimum atomic E-state index is -0.663. The predicted octanol–water partition coefficient (Wildman–Crippen LogP) is 2.08. The first-order chi connectivity index (χ1) is 6.62. The maximum Gasteiger partial charge on any atom is 0.414 e. The molecule has 1 atom stereocenters. The molecule has 0 aromatic carbocycles. The van der Waals surface area contributed by atoms with Gasteiger partial charge in [-0.2, -0.15) is 0 Å². The van der Waals surface area contributed by atoms with Gasteiger partial charge >= 0.3 is 6.09 Å². The predicted molar refractivity (Wildman–Crippen MR) is 56.3 cm³/mol. The Morgan fingerprint density at radius 3 is 2.07 bits per heavy atom. The number of cyclic esters (lactones) is 1. The van der Waals surface area contributed by atoms with Crippen LogP contribution >= 0.6 is 0 Å². The summed E-state index contributed by atoms with van der Waals surface area (Å²) in [6.07, 6.45) is -0.484. The molecule has 0 aromatic heterocycles. The van der Waals surface area contributed by atoms with E-state index in [0.717, 1.165) is 6.42 Å². The number of hydrogen-bond donors (Lipinski definition) is 1. The summed E-state index contributed by atoms with van der Waals surface area (Å²) in [6, 6.07) is 0. The van der Waals surface area contributed by atoms with Crippen molar-refractivity contribution in [2.75, 3.05) is 0 Å². The van der Waals surface area contributed by atoms with Crippen LogP contribution in [0.15, 0.2) is 0 Å². The number of hydrogen-bond acceptors (Lipinski definition) is 3. The van der Waals surface area contributed by atoms with Crippen molar-refractivity contribution in [1.82, 2.24) is 5.32 Å². The van der Waals surface area contributed by atoms with Crippen molar-refractivity contribution in [1.29, 1.82) is 0 Å². The number of alkyl carbamates (subject to hydrolysis) is 1. The SMILES string of the molecule is CC(C)(C)CC(C)(C)C1OC(=O)NC1=O. The molecule has 0 aliphatic carbocycles. The highest BCUT2D eigenvalue weighted by Gasteiger charge is 2.45. The third kappa shape index (κ3) is 2.94. The van der Waals surface area contributed by atoms with E-state index in [0.29, 0.717) is 0 Å². The van der Waals surface area contributed by atoms with Crippen LogP contribution in [-0.4, -0.2) is 18.1 Å². The lowest BCUT2D eigenvalue weighted by molar-refractivity contribution is -0.128. The van der Waals surface area contributed by atoms with Gasteiger partial charge in [0.1, 0.15) is 0 Å². The van der Waals surface area contributed by atoms with E-state index in [1.54, 1.807) is 0 Å². The Labute approximate surface area is 90.4 Å². The van der Waals surface area contributed by atoms with Gasteiger partial charge in [-0.25, -0.2) is 4.79 Å². The highest BCUT2D eigenvalue weighted by Crippen LogP contribution is 2.38. The van der Waals surface area contributed by atoms with Gasteiger partial charge in [-0.3, -0.25) is 10.1 Å². The van der Waals surface area contributed by atoms with Crippen LogP contribution in [0.2, 0.25) is 0 Å². The van der Waals surface area contributed by atoms with Gasteiger partial charge in [0, 0.05) is 5.41 Å². The Morgan fingerprint density at radius 1 is 1.20 bits per heavy atom. The second-order valence-electron chi connectivity index (χ2n) is 6.00. The monoisotopic (exact) mass is 213 g/mol. The molecule has 1 aliphatic rings. The first-order valence-electron chi connectivity index (χ1n) is 5.13. The molecule has 86 valence electrons. The third-order valence-corrected chi connectivity index (χ3v) is 2.38. The van der Waals surface area contributed by atoms with Gasteiger partial charge in [0.15, 0.2) is 6.10 Å². The van der Waals surface area contributed by atoms with Gasteiger partial charge in [0.05, 0.1) is 0 Å². The summed E-state index contributed by atoms with van der Waals surface area (Å²) in [4.78, 5) is 22.4. The molecule has 1 heterocycles. The number of rotatable bonds is 2. The molecular weight excluding hydrogens is 194 g/mol. The van der Waals surface area contributed by atoms with E-state index in [1.807, 2.05) is 13.8 Å². The quantitative estimate of drug-likeness (QED) is 0.764. The lowest BCUT2D eigenvalue weighted by Gasteiger charge is -2.34. The molecule has 0 saturated carbocycles. The summed E-state index contributed by atoms with van der Waals surface area (Å²) in [5, 5.41) is 2.16. The number of carbonyl (C=O) groups is 2. The van der Waals surface area contributed by atoms with Crippen LogP contribution in [0.1, 0.15) is 41.0 Å². The highest BCUT2D eigenvalue weighted by atomic mass is 16.6. The normalized spacial score (nSPS) is 22.6. The van der Waals surface area contributed by atoms with E-state index in [-0.39, 0.29) is 16.7 Å². The van der Waals surface area contributed by atoms with Gasteiger partial charge in [-0.15, -0.1) is 0 Å². The molecular formula is C11H19NO3. The van der Waals surface area contributed by atoms with Gasteiger partial charge in [-0.1, -0.05) is 34.6 Å². The number of imide groups is 1. The maximum atomic E-state index is 11.5. The summed E-state index contributed by atoms with van der Waals surface area (Å²) in [6.45, 7) is 10.2. The second-order valence-corrected chi connectivity index (χ2v) is 6.00. The Morgan fingerprint density at radius 2 is 1.73 bits per heavy atom. The molecule has 1 rings (SSSR count). The zero-order chi connectivity index (χ0) is 11.9. The fourth-order valence-electron chi connectivity index (χ4n) is 2.33. The van der Waals surface area contributed by atoms with Gasteiger partial charge in [-0.05, 0) is 11.8 Å². The summed E-state index contributed by atoms with van der Waals surface area (Å²) in [5.41, 5.74) is -0.243. The minimum Gasteiger partial charge on any atom is -0.435 e. The molecule has 4 heteroatoms. The zero-order valence-corrected chi connectivity index (χ0v) is 10.0. The van der Waals surface area contributed by atoms with Crippen LogP contribution in [0.4, 0.5) is 4.79 Å². The van der Waals surface area contributed by atoms with Crippen LogP contribution < -0.4 is 5.32 Å². The molecule has 1 saturated heterocycles. The van der Waals surface area contributed by atoms with Crippen LogP contribution in [0, 0.1) is 10.8 Å². The van der Waals surface area contributed by atoms with Crippen molar-refractivity contribution in [2.45, 2.75) is 47.1 Å². The smallest absolute Gasteiger partial charge is 0.414 e. The van der Waals surface area contributed by atoms with Crippen LogP contribution in [0.25, 0.3) is 0 Å². The maximum absolute atomic E-state index is 11.5. The fraction of sp³-hybridized carbons (Fsp3) is 0.818. The van der Waals surface area contributed by atoms with E-state index in [1.165, 1.54) is 0 Å². The van der Waals surface area contributed by atoms with Crippen molar-refractivity contribution < 1.29 is 14.3 Å². The third-order valence-electron chi connectivity index (χ3n) is 2.38. The molecule has 1 fully saturated rings. The van der Waals surface area contributed by atoms with E-state index in [4.69, 9.17) is 4.74 Å². The Balaban J connectivity index is 2.78. The second kappa shape index (κ2) is 3.51. The van der Waals surface area contributed by atoms with E-state index in [9.17, 15) is 9.59 Å². The molecule has 1 N–H and O–H groups in total. The topological polar surface area (TPSA) is 55.4 Å². The van der Waals surface area contributed by atoms with Crippen LogP contribution in [-0.2, 0) is 9.53 Å². The number of amides is 2. The van der Waals surface area contributed by atoms with E-state index < -0.39 is 12.2 Å². The van der Waals surface area contributed by atoms with E-state index in [2.05, 4.69) is 26.1 Å². The summed E-state index contributed by atoms with van der Waals surface area (Å²) in [5.74, 6) is -0.325. The molecule has 0 spiro atoms. The van der Waals surface area contributed by atoms with E-state index >= 15 is 0 Å². The van der Waals surface area contributed by atoms with Crippen molar-refractivity contribution in [2.24, 2.45) is 10.8 Å². The molecule has 4 nitrogen and oxygen atoms in total. The van der Waals surface area contributed by atoms with Gasteiger partial charge in [0.25, 0.3) is 5.91 Å². The highest BCUT2D eigenvalue weighted by molar-refractivity contribution is 6.00. The molecule has 2 amide bonds. The van der Waals surface area contributed by atoms with Crippen molar-refractivity contribution in [3.8, 4) is 0 Å². The molecule has 1 unspecified atom stereocenters. The lowest BCUT2D eigenvalue weighted by Crippen LogP contribution is -2.39. The summed E-state index contributed by atoms with van der Waals surface area (Å²) >= 11 is 0. The standard InChI is InChI=1S/C11H19NO3/c1-10(2,3)6-11(4,5)7-8(13)12-9(14)15-7/h7H,6H2,1-5H3,(H,12,13,14). The number of ether oxygens (including phenoxy) is 1. The summed E-state index contributed by atoms with van der Waals surface area (Å²) < 4.78 is 4.98. The largest absolute Gasteiger partial charge is 0.435 e. The van der Waals surface area contributed by atoms with Gasteiger partial charge < -0.3 is 4.74 Å². The number of nitrogens with one attached hydrogen (secondary N) is 1. The molecule has 0 aromatic rings. The lowest BCUT2D eigenvalue weighted by atomic mass is 9.73. The Kier molecular flexibility index (Phi) is 2.81. The van der Waals surface area contributed by atoms with Crippen LogP contribution in [0.3, 0.4) is 0 Å². The fourth-order valence-corrected chi connectivity index (χ4v) is 2.33. The first-order valence-corrected chi connectivity index (χ1v) is 5.13. The Hall–Kier alpha value is -1.06. The molecule has 1 aliphatic heterocycles. The average molecular weight is 213 g/mol. The number of carbonyl (C=O) groups excluding carboxylic acids is 2. The molecule has 0 bridgehead atoms. The summed E-state index contributed by atoms with van der Waals surface area (Å²) in [7, 11) is 0. The average Bonchev–Trinajstić information content (AvgIpc) is 2.24. The molecule has 0 radical (unpaired) electrons. The first kappa shape index (κ1) is 12.0. The van der Waals surface area contributed by atoms with Crippen LogP contribution in [0.5, 0.6) is 0 Å². The molecule has 15 heavy (non-hydrogen) atoms.